The molecule has 0 bridgehead atoms. The Kier molecular flexibility index (Phi) is 7.80. The van der Waals surface area contributed by atoms with E-state index in [9.17, 15) is 14.9 Å². The van der Waals surface area contributed by atoms with Crippen LogP contribution in [0, 0.1) is 10.1 Å². The summed E-state index contributed by atoms with van der Waals surface area (Å²) in [4.78, 5) is 33.1. The highest BCUT2D eigenvalue weighted by atomic mass is 16.7. The van der Waals surface area contributed by atoms with Gasteiger partial charge in [0.15, 0.2) is 0 Å². The lowest BCUT2D eigenvalue weighted by molar-refractivity contribution is -0.383. The van der Waals surface area contributed by atoms with Crippen LogP contribution in [-0.2, 0) is 9.47 Å². The van der Waals surface area contributed by atoms with E-state index in [0.29, 0.717) is 37.5 Å². The summed E-state index contributed by atoms with van der Waals surface area (Å²) < 4.78 is 10.1. The summed E-state index contributed by atoms with van der Waals surface area (Å²) in [6.07, 6.45) is 2.44. The first-order chi connectivity index (χ1) is 15.4. The lowest BCUT2D eigenvalue weighted by Crippen LogP contribution is -2.38. The minimum Gasteiger partial charge on any atom is -0.435 e. The predicted molar refractivity (Wildman–Crippen MR) is 120 cm³/mol. The van der Waals surface area contributed by atoms with E-state index in [0.717, 1.165) is 6.42 Å². The van der Waals surface area contributed by atoms with E-state index >= 15 is 0 Å². The monoisotopic (exact) mass is 443 g/mol. The SMILES string of the molecule is CCOC(=O)OC1CCN(c2ncnc(Nc3ccc(C(C)CC)cc3)c2[N+](=O)[O-])CC1. The molecule has 1 N–H and O–H groups in total. The second-order valence-corrected chi connectivity index (χ2v) is 7.70. The van der Waals surface area contributed by atoms with Crippen LogP contribution in [0.5, 0.6) is 0 Å². The van der Waals surface area contributed by atoms with Gasteiger partial charge in [-0.3, -0.25) is 10.1 Å². The van der Waals surface area contributed by atoms with Crippen LogP contribution in [-0.4, -0.2) is 46.8 Å². The Morgan fingerprint density at radius 1 is 1.25 bits per heavy atom. The summed E-state index contributed by atoms with van der Waals surface area (Å²) >= 11 is 0. The highest BCUT2D eigenvalue weighted by molar-refractivity contribution is 5.74. The lowest BCUT2D eigenvalue weighted by atomic mass is 9.99. The highest BCUT2D eigenvalue weighted by Crippen LogP contribution is 2.35. The molecule has 10 heteroatoms. The van der Waals surface area contributed by atoms with Crippen molar-refractivity contribution in [1.82, 2.24) is 9.97 Å². The third-order valence-electron chi connectivity index (χ3n) is 5.61. The number of rotatable bonds is 8. The highest BCUT2D eigenvalue weighted by Gasteiger charge is 2.31. The van der Waals surface area contributed by atoms with Gasteiger partial charge >= 0.3 is 11.8 Å². The molecule has 0 amide bonds. The summed E-state index contributed by atoms with van der Waals surface area (Å²) in [7, 11) is 0. The van der Waals surface area contributed by atoms with E-state index in [1.165, 1.54) is 11.9 Å². The number of carbonyl (C=O) groups excluding carboxylic acids is 1. The van der Waals surface area contributed by atoms with Gasteiger partial charge in [-0.2, -0.15) is 0 Å². The quantitative estimate of drug-likeness (QED) is 0.349. The molecule has 172 valence electrons. The average molecular weight is 444 g/mol. The van der Waals surface area contributed by atoms with E-state index in [-0.39, 0.29) is 30.0 Å². The normalized spacial score (nSPS) is 15.2. The van der Waals surface area contributed by atoms with Crippen LogP contribution in [0.25, 0.3) is 0 Å². The number of hydrogen-bond acceptors (Lipinski definition) is 9. The predicted octanol–water partition coefficient (Wildman–Crippen LogP) is 4.78. The van der Waals surface area contributed by atoms with E-state index in [1.807, 2.05) is 29.2 Å². The number of piperidine rings is 1. The first kappa shape index (κ1) is 23.2. The fourth-order valence-corrected chi connectivity index (χ4v) is 3.60. The van der Waals surface area contributed by atoms with Crippen LogP contribution in [0.3, 0.4) is 0 Å². The standard InChI is InChI=1S/C22H29N5O5/c1-4-15(3)16-6-8-17(9-7-16)25-20-19(27(29)30)21(24-14-23-20)26-12-10-18(11-13-26)32-22(28)31-5-2/h6-9,14-15,18H,4-5,10-13H2,1-3H3,(H,23,24,25). The van der Waals surface area contributed by atoms with Gasteiger partial charge in [0, 0.05) is 31.6 Å². The topological polar surface area (TPSA) is 120 Å². The maximum absolute atomic E-state index is 11.9. The van der Waals surface area contributed by atoms with Crippen molar-refractivity contribution in [2.75, 3.05) is 29.9 Å². The fraction of sp³-hybridized carbons (Fsp3) is 0.500. The number of nitrogens with one attached hydrogen (secondary N) is 1. The van der Waals surface area contributed by atoms with Gasteiger partial charge in [0.2, 0.25) is 11.6 Å². The summed E-state index contributed by atoms with van der Waals surface area (Å²) in [5.74, 6) is 0.833. The van der Waals surface area contributed by atoms with Gasteiger partial charge < -0.3 is 19.7 Å². The number of benzene rings is 1. The Hall–Kier alpha value is -3.43. The molecule has 1 aliphatic heterocycles. The molecule has 1 aromatic heterocycles. The van der Waals surface area contributed by atoms with Gasteiger partial charge in [0.25, 0.3) is 0 Å². The molecule has 10 nitrogen and oxygen atoms in total. The largest absolute Gasteiger partial charge is 0.508 e. The van der Waals surface area contributed by atoms with Crippen molar-refractivity contribution in [2.24, 2.45) is 0 Å². The lowest BCUT2D eigenvalue weighted by Gasteiger charge is -2.31. The van der Waals surface area contributed by atoms with Crippen LogP contribution >= 0.6 is 0 Å². The number of carbonyl (C=O) groups is 1. The van der Waals surface area contributed by atoms with Crippen molar-refractivity contribution in [3.8, 4) is 0 Å². The number of anilines is 3. The zero-order valence-electron chi connectivity index (χ0n) is 18.6. The average Bonchev–Trinajstić information content (AvgIpc) is 2.79. The molecule has 1 fully saturated rings. The molecule has 2 heterocycles. The zero-order chi connectivity index (χ0) is 23.1. The Morgan fingerprint density at radius 3 is 2.53 bits per heavy atom. The van der Waals surface area contributed by atoms with Gasteiger partial charge in [-0.05, 0) is 37.0 Å². The van der Waals surface area contributed by atoms with Gasteiger partial charge in [0.1, 0.15) is 12.4 Å². The molecule has 32 heavy (non-hydrogen) atoms. The van der Waals surface area contributed by atoms with Crippen molar-refractivity contribution in [3.05, 3.63) is 46.3 Å². The molecule has 0 saturated carbocycles. The Labute approximate surface area is 187 Å². The molecule has 1 aromatic carbocycles. The van der Waals surface area contributed by atoms with Crippen LogP contribution in [0.4, 0.5) is 27.8 Å². The van der Waals surface area contributed by atoms with Gasteiger partial charge in [-0.15, -0.1) is 0 Å². The molecule has 1 saturated heterocycles. The first-order valence-electron chi connectivity index (χ1n) is 10.9. The van der Waals surface area contributed by atoms with Crippen LogP contribution in [0.1, 0.15) is 51.5 Å². The van der Waals surface area contributed by atoms with E-state index in [4.69, 9.17) is 9.47 Å². The molecule has 3 rings (SSSR count). The summed E-state index contributed by atoms with van der Waals surface area (Å²) in [5, 5.41) is 15.0. The molecular formula is C22H29N5O5. The van der Waals surface area contributed by atoms with E-state index in [1.54, 1.807) is 6.92 Å². The second kappa shape index (κ2) is 10.7. The summed E-state index contributed by atoms with van der Waals surface area (Å²) in [5.41, 5.74) is 1.75. The first-order valence-corrected chi connectivity index (χ1v) is 10.9. The van der Waals surface area contributed by atoms with Gasteiger partial charge in [-0.25, -0.2) is 14.8 Å². The van der Waals surface area contributed by atoms with Gasteiger partial charge in [0.05, 0.1) is 11.5 Å². The summed E-state index contributed by atoms with van der Waals surface area (Å²) in [6, 6.07) is 7.81. The third kappa shape index (κ3) is 5.63. The molecule has 1 aliphatic rings. The number of aromatic nitrogens is 2. The molecular weight excluding hydrogens is 414 g/mol. The Morgan fingerprint density at radius 2 is 1.94 bits per heavy atom. The molecule has 1 atom stereocenters. The molecule has 0 radical (unpaired) electrons. The number of nitrogens with zero attached hydrogens (tertiary/aromatic N) is 4. The maximum atomic E-state index is 11.9. The smallest absolute Gasteiger partial charge is 0.435 e. The van der Waals surface area contributed by atoms with Crippen LogP contribution in [0.15, 0.2) is 30.6 Å². The second-order valence-electron chi connectivity index (χ2n) is 7.70. The van der Waals surface area contributed by atoms with E-state index in [2.05, 4.69) is 29.1 Å². The van der Waals surface area contributed by atoms with E-state index < -0.39 is 11.1 Å². The third-order valence-corrected chi connectivity index (χ3v) is 5.61. The maximum Gasteiger partial charge on any atom is 0.508 e. The van der Waals surface area contributed by atoms with Crippen LogP contribution < -0.4 is 10.2 Å². The molecule has 0 aliphatic carbocycles. The van der Waals surface area contributed by atoms with Crippen molar-refractivity contribution >= 4 is 29.2 Å². The van der Waals surface area contributed by atoms with Crippen LogP contribution in [0.2, 0.25) is 0 Å². The minimum absolute atomic E-state index is 0.140. The number of nitro groups is 1. The minimum atomic E-state index is -0.690. The number of ether oxygens (including phenoxy) is 2. The Balaban J connectivity index is 1.74. The zero-order valence-corrected chi connectivity index (χ0v) is 18.6. The molecule has 1 unspecified atom stereocenters. The molecule has 0 spiro atoms. The van der Waals surface area contributed by atoms with Gasteiger partial charge in [-0.1, -0.05) is 26.0 Å². The number of hydrogen-bond donors (Lipinski definition) is 1. The van der Waals surface area contributed by atoms with Crippen molar-refractivity contribution < 1.29 is 19.2 Å². The van der Waals surface area contributed by atoms with Crippen molar-refractivity contribution in [2.45, 2.75) is 52.1 Å². The van der Waals surface area contributed by atoms with Crippen molar-refractivity contribution in [3.63, 3.8) is 0 Å². The van der Waals surface area contributed by atoms with Crippen molar-refractivity contribution in [1.29, 1.82) is 0 Å². The molecule has 2 aromatic rings. The fourth-order valence-electron chi connectivity index (χ4n) is 3.60. The Bertz CT molecular complexity index is 929. The summed E-state index contributed by atoms with van der Waals surface area (Å²) in [6.45, 7) is 7.18.